The highest BCUT2D eigenvalue weighted by molar-refractivity contribution is 8.00. The molecule has 1 aromatic rings. The third kappa shape index (κ3) is 3.48. The fourth-order valence-electron chi connectivity index (χ4n) is 3.06. The maximum atomic E-state index is 12.1. The molecule has 1 atom stereocenters. The lowest BCUT2D eigenvalue weighted by molar-refractivity contribution is -0.120. The van der Waals surface area contributed by atoms with Crippen molar-refractivity contribution in [1.29, 1.82) is 0 Å². The van der Waals surface area contributed by atoms with Gasteiger partial charge in [0, 0.05) is 22.5 Å². The van der Waals surface area contributed by atoms with Crippen molar-refractivity contribution in [2.45, 2.75) is 23.8 Å². The summed E-state index contributed by atoms with van der Waals surface area (Å²) in [6.45, 7) is 3.44. The molecule has 2 bridgehead atoms. The minimum absolute atomic E-state index is 0.142. The van der Waals surface area contributed by atoms with E-state index >= 15 is 0 Å². The van der Waals surface area contributed by atoms with E-state index in [2.05, 4.69) is 10.2 Å². The zero-order chi connectivity index (χ0) is 13.9. The van der Waals surface area contributed by atoms with E-state index in [4.69, 9.17) is 11.6 Å². The molecule has 5 heteroatoms. The van der Waals surface area contributed by atoms with E-state index in [0.717, 1.165) is 16.5 Å². The molecule has 1 unspecified atom stereocenters. The monoisotopic (exact) mass is 310 g/mol. The number of nitrogens with one attached hydrogen (secondary N) is 1. The Morgan fingerprint density at radius 1 is 1.30 bits per heavy atom. The first kappa shape index (κ1) is 14.2. The van der Waals surface area contributed by atoms with Crippen LogP contribution >= 0.6 is 23.4 Å². The maximum Gasteiger partial charge on any atom is 0.230 e. The number of thioether (sulfide) groups is 1. The van der Waals surface area contributed by atoms with Gasteiger partial charge in [0.25, 0.3) is 0 Å². The van der Waals surface area contributed by atoms with Crippen LogP contribution in [0.4, 0.5) is 0 Å². The smallest absolute Gasteiger partial charge is 0.230 e. The summed E-state index contributed by atoms with van der Waals surface area (Å²) >= 11 is 7.41. The van der Waals surface area contributed by atoms with Gasteiger partial charge in [-0.3, -0.25) is 4.79 Å². The Balaban J connectivity index is 1.46. The number of fused-ring (bicyclic) bond motifs is 3. The van der Waals surface area contributed by atoms with Gasteiger partial charge in [-0.15, -0.1) is 11.8 Å². The van der Waals surface area contributed by atoms with Crippen molar-refractivity contribution in [3.63, 3.8) is 0 Å². The van der Waals surface area contributed by atoms with Crippen LogP contribution in [0.25, 0.3) is 0 Å². The van der Waals surface area contributed by atoms with E-state index in [0.29, 0.717) is 17.7 Å². The first-order valence-corrected chi connectivity index (χ1v) is 8.47. The number of nitrogens with zero attached hydrogens (tertiary/aromatic N) is 1. The normalized spacial score (nSPS) is 28.4. The highest BCUT2D eigenvalue weighted by atomic mass is 35.5. The molecule has 0 spiro atoms. The molecule has 0 radical (unpaired) electrons. The van der Waals surface area contributed by atoms with Gasteiger partial charge in [-0.25, -0.2) is 0 Å². The van der Waals surface area contributed by atoms with Crippen LogP contribution in [0.1, 0.15) is 12.8 Å². The van der Waals surface area contributed by atoms with Crippen LogP contribution in [0.2, 0.25) is 5.02 Å². The number of hydrogen-bond donors (Lipinski definition) is 1. The Kier molecular flexibility index (Phi) is 4.54. The van der Waals surface area contributed by atoms with E-state index < -0.39 is 0 Å². The van der Waals surface area contributed by atoms with Crippen molar-refractivity contribution >= 4 is 29.3 Å². The first-order chi connectivity index (χ1) is 9.70. The second-order valence-electron chi connectivity index (χ2n) is 5.55. The van der Waals surface area contributed by atoms with E-state index in [-0.39, 0.29) is 5.91 Å². The fraction of sp³-hybridized carbons (Fsp3) is 0.533. The SMILES string of the molecule is O=C(CSc1ccc(Cl)cc1)NC1CN2CCC1CC2. The van der Waals surface area contributed by atoms with Gasteiger partial charge < -0.3 is 10.2 Å². The van der Waals surface area contributed by atoms with E-state index in [9.17, 15) is 4.79 Å². The number of benzene rings is 1. The number of halogens is 1. The lowest BCUT2D eigenvalue weighted by Crippen LogP contribution is -2.57. The van der Waals surface area contributed by atoms with Gasteiger partial charge in [-0.1, -0.05) is 11.6 Å². The molecule has 0 saturated carbocycles. The second kappa shape index (κ2) is 6.37. The Morgan fingerprint density at radius 2 is 2.00 bits per heavy atom. The molecule has 3 fully saturated rings. The van der Waals surface area contributed by atoms with Crippen molar-refractivity contribution in [2.75, 3.05) is 25.4 Å². The van der Waals surface area contributed by atoms with Crippen molar-refractivity contribution in [3.05, 3.63) is 29.3 Å². The standard InChI is InChI=1S/C15H19ClN2OS/c16-12-1-3-13(4-2-12)20-10-15(19)17-14-9-18-7-5-11(14)6-8-18/h1-4,11,14H,5-10H2,(H,17,19). The zero-order valence-corrected chi connectivity index (χ0v) is 12.9. The molecule has 1 aromatic carbocycles. The van der Waals surface area contributed by atoms with Gasteiger partial charge in [0.1, 0.15) is 0 Å². The lowest BCUT2D eigenvalue weighted by atomic mass is 9.84. The molecule has 3 aliphatic heterocycles. The summed E-state index contributed by atoms with van der Waals surface area (Å²) in [4.78, 5) is 15.6. The minimum atomic E-state index is 0.142. The van der Waals surface area contributed by atoms with Crippen LogP contribution in [0, 0.1) is 5.92 Å². The predicted molar refractivity (Wildman–Crippen MR) is 83.3 cm³/mol. The van der Waals surface area contributed by atoms with Crippen molar-refractivity contribution in [1.82, 2.24) is 10.2 Å². The van der Waals surface area contributed by atoms with Gasteiger partial charge in [0.15, 0.2) is 0 Å². The highest BCUT2D eigenvalue weighted by Crippen LogP contribution is 2.27. The lowest BCUT2D eigenvalue weighted by Gasteiger charge is -2.44. The number of piperidine rings is 3. The summed E-state index contributed by atoms with van der Waals surface area (Å²) in [6, 6.07) is 7.98. The van der Waals surface area contributed by atoms with Crippen LogP contribution in [-0.4, -0.2) is 42.2 Å². The van der Waals surface area contributed by atoms with Gasteiger partial charge in [0.05, 0.1) is 5.75 Å². The van der Waals surface area contributed by atoms with E-state index in [1.807, 2.05) is 24.3 Å². The first-order valence-electron chi connectivity index (χ1n) is 7.11. The topological polar surface area (TPSA) is 32.3 Å². The van der Waals surface area contributed by atoms with Gasteiger partial charge >= 0.3 is 0 Å². The van der Waals surface area contributed by atoms with Gasteiger partial charge in [-0.05, 0) is 56.1 Å². The number of carbonyl (C=O) groups excluding carboxylic acids is 1. The molecule has 3 saturated heterocycles. The summed E-state index contributed by atoms with van der Waals surface area (Å²) in [5.41, 5.74) is 0. The van der Waals surface area contributed by atoms with Gasteiger partial charge in [0.2, 0.25) is 5.91 Å². The molecule has 1 N–H and O–H groups in total. The minimum Gasteiger partial charge on any atom is -0.351 e. The van der Waals surface area contributed by atoms with E-state index in [1.165, 1.54) is 25.9 Å². The van der Waals surface area contributed by atoms with Crippen LogP contribution in [-0.2, 0) is 4.79 Å². The van der Waals surface area contributed by atoms with Crippen LogP contribution in [0.15, 0.2) is 29.2 Å². The van der Waals surface area contributed by atoms with E-state index in [1.54, 1.807) is 11.8 Å². The Bertz CT molecular complexity index is 471. The summed E-state index contributed by atoms with van der Waals surface area (Å²) < 4.78 is 0. The molecule has 1 amide bonds. The highest BCUT2D eigenvalue weighted by Gasteiger charge is 2.34. The van der Waals surface area contributed by atoms with Crippen LogP contribution < -0.4 is 5.32 Å². The predicted octanol–water partition coefficient (Wildman–Crippen LogP) is 2.64. The van der Waals surface area contributed by atoms with Crippen molar-refractivity contribution in [2.24, 2.45) is 5.92 Å². The van der Waals surface area contributed by atoms with Crippen molar-refractivity contribution in [3.8, 4) is 0 Å². The molecular weight excluding hydrogens is 292 g/mol. The molecule has 108 valence electrons. The third-order valence-electron chi connectivity index (χ3n) is 4.19. The number of carbonyl (C=O) groups is 1. The molecule has 0 aliphatic carbocycles. The number of hydrogen-bond acceptors (Lipinski definition) is 3. The molecule has 4 rings (SSSR count). The third-order valence-corrected chi connectivity index (χ3v) is 5.45. The molecule has 20 heavy (non-hydrogen) atoms. The summed E-state index contributed by atoms with van der Waals surface area (Å²) in [6.07, 6.45) is 2.46. The zero-order valence-electron chi connectivity index (χ0n) is 11.3. The molecule has 3 nitrogen and oxygen atoms in total. The van der Waals surface area contributed by atoms with Gasteiger partial charge in [-0.2, -0.15) is 0 Å². The van der Waals surface area contributed by atoms with Crippen LogP contribution in [0.5, 0.6) is 0 Å². The molecule has 0 aromatic heterocycles. The average molecular weight is 311 g/mol. The van der Waals surface area contributed by atoms with Crippen LogP contribution in [0.3, 0.4) is 0 Å². The second-order valence-corrected chi connectivity index (χ2v) is 7.04. The van der Waals surface area contributed by atoms with Crippen molar-refractivity contribution < 1.29 is 4.79 Å². The number of amides is 1. The summed E-state index contributed by atoms with van der Waals surface area (Å²) in [5, 5.41) is 3.93. The summed E-state index contributed by atoms with van der Waals surface area (Å²) in [7, 11) is 0. The largest absolute Gasteiger partial charge is 0.351 e. The number of rotatable bonds is 4. The summed E-state index contributed by atoms with van der Waals surface area (Å²) in [5.74, 6) is 1.30. The maximum absolute atomic E-state index is 12.1. The Hall–Kier alpha value is -0.710. The fourth-order valence-corrected chi connectivity index (χ4v) is 3.89. The molecule has 3 heterocycles. The average Bonchev–Trinajstić information content (AvgIpc) is 2.48. The quantitative estimate of drug-likeness (QED) is 0.868. The Morgan fingerprint density at radius 3 is 2.60 bits per heavy atom. The Labute approximate surface area is 129 Å². The molecule has 3 aliphatic rings. The molecular formula is C15H19ClN2OS.